The fraction of sp³-hybridized carbons (Fsp3) is 0.667. The number of ether oxygens (including phenoxy) is 1. The van der Waals surface area contributed by atoms with Crippen LogP contribution in [0.5, 0.6) is 0 Å². The molecule has 0 N–H and O–H groups in total. The van der Waals surface area contributed by atoms with Crippen LogP contribution in [0.15, 0.2) is 11.2 Å². The average Bonchev–Trinajstić information content (AvgIpc) is 2.29. The lowest BCUT2D eigenvalue weighted by Crippen LogP contribution is -2.37. The number of hydrogen-bond donors (Lipinski definition) is 0. The molecule has 0 saturated carbocycles. The maximum absolute atomic E-state index is 5.32. The van der Waals surface area contributed by atoms with E-state index in [0.717, 1.165) is 55.1 Å². The molecule has 1 aliphatic heterocycles. The maximum atomic E-state index is 5.32. The molecule has 0 radical (unpaired) electrons. The van der Waals surface area contributed by atoms with Gasteiger partial charge in [-0.3, -0.25) is 4.90 Å². The Morgan fingerprint density at radius 3 is 2.44 bits per heavy atom. The van der Waals surface area contributed by atoms with E-state index in [2.05, 4.69) is 14.9 Å². The van der Waals surface area contributed by atoms with E-state index in [1.165, 1.54) is 0 Å². The largest absolute Gasteiger partial charge is 0.379 e. The second-order valence-electron chi connectivity index (χ2n) is 4.24. The number of rotatable bonds is 4. The molecule has 18 heavy (non-hydrogen) atoms. The van der Waals surface area contributed by atoms with Crippen molar-refractivity contribution in [2.45, 2.75) is 19.0 Å². The molecule has 1 fully saturated rings. The molecule has 4 nitrogen and oxygen atoms in total. The molecule has 2 heterocycles. The van der Waals surface area contributed by atoms with Crippen molar-refractivity contribution in [2.24, 2.45) is 0 Å². The number of thioether (sulfide) groups is 1. The van der Waals surface area contributed by atoms with Gasteiger partial charge < -0.3 is 4.74 Å². The standard InChI is InChI=1S/C12H19N3OS.ClH/c1-10-9-11(2)14-12(13-10)17-8-5-15-3-6-16-7-4-15;/h9H,3-8H2,1-2H3;1H. The first-order valence-corrected chi connectivity index (χ1v) is 6.98. The molecule has 0 spiro atoms. The van der Waals surface area contributed by atoms with Crippen LogP contribution in [0, 0.1) is 13.8 Å². The van der Waals surface area contributed by atoms with Gasteiger partial charge in [0.2, 0.25) is 0 Å². The average molecular weight is 290 g/mol. The zero-order chi connectivity index (χ0) is 12.1. The summed E-state index contributed by atoms with van der Waals surface area (Å²) in [5, 5.41) is 0.899. The lowest BCUT2D eigenvalue weighted by Gasteiger charge is -2.26. The summed E-state index contributed by atoms with van der Waals surface area (Å²) in [6.07, 6.45) is 0. The van der Waals surface area contributed by atoms with Crippen LogP contribution < -0.4 is 0 Å². The van der Waals surface area contributed by atoms with Crippen molar-refractivity contribution in [2.75, 3.05) is 38.6 Å². The summed E-state index contributed by atoms with van der Waals surface area (Å²) in [5.74, 6) is 1.04. The van der Waals surface area contributed by atoms with E-state index in [-0.39, 0.29) is 12.4 Å². The predicted octanol–water partition coefficient (Wildman–Crippen LogP) is 1.94. The maximum Gasteiger partial charge on any atom is 0.188 e. The molecule has 102 valence electrons. The Bertz CT molecular complexity index is 352. The lowest BCUT2D eigenvalue weighted by molar-refractivity contribution is 0.0410. The van der Waals surface area contributed by atoms with Crippen LogP contribution in [-0.2, 0) is 4.74 Å². The summed E-state index contributed by atoms with van der Waals surface area (Å²) in [6.45, 7) is 8.95. The molecule has 6 heteroatoms. The Kier molecular flexibility index (Phi) is 6.92. The molecule has 0 aliphatic carbocycles. The van der Waals surface area contributed by atoms with Gasteiger partial charge >= 0.3 is 0 Å². The molecule has 0 bridgehead atoms. The third-order valence-electron chi connectivity index (χ3n) is 2.70. The van der Waals surface area contributed by atoms with Crippen molar-refractivity contribution in [1.29, 1.82) is 0 Å². The minimum atomic E-state index is 0. The minimum Gasteiger partial charge on any atom is -0.379 e. The molecule has 1 saturated heterocycles. The van der Waals surface area contributed by atoms with Gasteiger partial charge in [-0.15, -0.1) is 12.4 Å². The quantitative estimate of drug-likeness (QED) is 0.626. The van der Waals surface area contributed by atoms with E-state index in [4.69, 9.17) is 4.74 Å². The second kappa shape index (κ2) is 7.94. The van der Waals surface area contributed by atoms with Gasteiger partial charge in [-0.05, 0) is 19.9 Å². The normalized spacial score (nSPS) is 16.3. The monoisotopic (exact) mass is 289 g/mol. The topological polar surface area (TPSA) is 38.2 Å². The van der Waals surface area contributed by atoms with E-state index >= 15 is 0 Å². The van der Waals surface area contributed by atoms with Gasteiger partial charge in [0, 0.05) is 36.8 Å². The van der Waals surface area contributed by atoms with E-state index in [1.807, 2.05) is 19.9 Å². The fourth-order valence-corrected chi connectivity index (χ4v) is 2.80. The summed E-state index contributed by atoms with van der Waals surface area (Å²) >= 11 is 1.74. The van der Waals surface area contributed by atoms with E-state index in [1.54, 1.807) is 11.8 Å². The Morgan fingerprint density at radius 2 is 1.83 bits per heavy atom. The van der Waals surface area contributed by atoms with Crippen molar-refractivity contribution in [3.8, 4) is 0 Å². The summed E-state index contributed by atoms with van der Waals surface area (Å²) in [5.41, 5.74) is 2.10. The summed E-state index contributed by atoms with van der Waals surface area (Å²) in [4.78, 5) is 11.3. The fourth-order valence-electron chi connectivity index (χ4n) is 1.85. The van der Waals surface area contributed by atoms with Crippen LogP contribution >= 0.6 is 24.2 Å². The van der Waals surface area contributed by atoms with Gasteiger partial charge in [-0.25, -0.2) is 9.97 Å². The Morgan fingerprint density at radius 1 is 1.22 bits per heavy atom. The van der Waals surface area contributed by atoms with Gasteiger partial charge in [-0.2, -0.15) is 0 Å². The molecule has 0 aromatic carbocycles. The molecule has 0 amide bonds. The van der Waals surface area contributed by atoms with Gasteiger partial charge in [0.05, 0.1) is 13.2 Å². The van der Waals surface area contributed by atoms with E-state index in [9.17, 15) is 0 Å². The molecular formula is C12H20ClN3OS. The Hall–Kier alpha value is -0.360. The molecule has 1 aliphatic rings. The first kappa shape index (κ1) is 15.7. The van der Waals surface area contributed by atoms with Crippen LogP contribution in [0.1, 0.15) is 11.4 Å². The highest BCUT2D eigenvalue weighted by Crippen LogP contribution is 2.14. The van der Waals surface area contributed by atoms with Gasteiger partial charge in [0.1, 0.15) is 0 Å². The van der Waals surface area contributed by atoms with Gasteiger partial charge in [-0.1, -0.05) is 11.8 Å². The highest BCUT2D eigenvalue weighted by molar-refractivity contribution is 7.99. The number of nitrogens with zero attached hydrogens (tertiary/aromatic N) is 3. The first-order chi connectivity index (χ1) is 8.24. The summed E-state index contributed by atoms with van der Waals surface area (Å²) in [7, 11) is 0. The molecular weight excluding hydrogens is 270 g/mol. The molecule has 1 aromatic rings. The molecule has 0 atom stereocenters. The van der Waals surface area contributed by atoms with Crippen molar-refractivity contribution in [3.05, 3.63) is 17.5 Å². The van der Waals surface area contributed by atoms with E-state index in [0.29, 0.717) is 0 Å². The zero-order valence-electron chi connectivity index (χ0n) is 10.9. The predicted molar refractivity (Wildman–Crippen MR) is 76.7 cm³/mol. The Balaban J connectivity index is 0.00000162. The van der Waals surface area contributed by atoms with Crippen LogP contribution in [0.3, 0.4) is 0 Å². The third kappa shape index (κ3) is 5.10. The van der Waals surface area contributed by atoms with Crippen LogP contribution in [0.4, 0.5) is 0 Å². The van der Waals surface area contributed by atoms with Crippen LogP contribution in [0.25, 0.3) is 0 Å². The van der Waals surface area contributed by atoms with Crippen molar-refractivity contribution >= 4 is 24.2 Å². The molecule has 2 rings (SSSR count). The Labute approximate surface area is 119 Å². The van der Waals surface area contributed by atoms with Crippen molar-refractivity contribution in [3.63, 3.8) is 0 Å². The lowest BCUT2D eigenvalue weighted by atomic mass is 10.4. The number of halogens is 1. The van der Waals surface area contributed by atoms with Crippen molar-refractivity contribution in [1.82, 2.24) is 14.9 Å². The number of hydrogen-bond acceptors (Lipinski definition) is 5. The highest BCUT2D eigenvalue weighted by atomic mass is 35.5. The SMILES string of the molecule is Cc1cc(C)nc(SCCN2CCOCC2)n1.Cl. The number of aromatic nitrogens is 2. The van der Waals surface area contributed by atoms with Gasteiger partial charge in [0.15, 0.2) is 5.16 Å². The smallest absolute Gasteiger partial charge is 0.188 e. The number of aryl methyl sites for hydroxylation is 2. The molecule has 1 aromatic heterocycles. The molecule has 0 unspecified atom stereocenters. The third-order valence-corrected chi connectivity index (χ3v) is 3.53. The van der Waals surface area contributed by atoms with Crippen molar-refractivity contribution < 1.29 is 4.74 Å². The second-order valence-corrected chi connectivity index (χ2v) is 5.30. The van der Waals surface area contributed by atoms with Gasteiger partial charge in [0.25, 0.3) is 0 Å². The minimum absolute atomic E-state index is 0. The van der Waals surface area contributed by atoms with Crippen LogP contribution in [0.2, 0.25) is 0 Å². The van der Waals surface area contributed by atoms with Crippen LogP contribution in [-0.4, -0.2) is 53.5 Å². The number of morpholine rings is 1. The highest BCUT2D eigenvalue weighted by Gasteiger charge is 2.10. The van der Waals surface area contributed by atoms with E-state index < -0.39 is 0 Å². The first-order valence-electron chi connectivity index (χ1n) is 5.99. The summed E-state index contributed by atoms with van der Waals surface area (Å²) < 4.78 is 5.32. The summed E-state index contributed by atoms with van der Waals surface area (Å²) in [6, 6.07) is 2.01. The zero-order valence-corrected chi connectivity index (χ0v) is 12.5.